The molecule has 4 bridgehead atoms. The van der Waals surface area contributed by atoms with E-state index in [9.17, 15) is 9.18 Å². The minimum Gasteiger partial charge on any atom is -0.351 e. The molecule has 0 aromatic carbocycles. The van der Waals surface area contributed by atoms with E-state index in [1.54, 1.807) is 6.07 Å². The van der Waals surface area contributed by atoms with Crippen LogP contribution in [-0.4, -0.2) is 17.4 Å². The van der Waals surface area contributed by atoms with Crippen LogP contribution in [0.1, 0.15) is 48.9 Å². The molecule has 21 heavy (non-hydrogen) atoms. The molecule has 5 rings (SSSR count). The topological polar surface area (TPSA) is 42.0 Å². The minimum atomic E-state index is -0.600. The summed E-state index contributed by atoms with van der Waals surface area (Å²) in [4.78, 5) is 15.7. The highest BCUT2D eigenvalue weighted by Gasteiger charge is 2.50. The van der Waals surface area contributed by atoms with Gasteiger partial charge in [-0.25, -0.2) is 4.98 Å². The van der Waals surface area contributed by atoms with Crippen molar-refractivity contribution >= 4 is 5.91 Å². The molecule has 112 valence electrons. The Morgan fingerprint density at radius 2 is 1.86 bits per heavy atom. The van der Waals surface area contributed by atoms with Gasteiger partial charge in [-0.3, -0.25) is 4.79 Å². The van der Waals surface area contributed by atoms with Gasteiger partial charge in [0, 0.05) is 24.4 Å². The maximum atomic E-state index is 13.1. The van der Waals surface area contributed by atoms with Gasteiger partial charge in [0.25, 0.3) is 5.91 Å². The normalized spacial score (nSPS) is 36.7. The fourth-order valence-corrected chi connectivity index (χ4v) is 5.42. The second kappa shape index (κ2) is 4.79. The molecule has 4 fully saturated rings. The van der Waals surface area contributed by atoms with Gasteiger partial charge >= 0.3 is 0 Å². The Morgan fingerprint density at radius 3 is 2.43 bits per heavy atom. The summed E-state index contributed by atoms with van der Waals surface area (Å²) in [5.41, 5.74) is 0.683. The predicted molar refractivity (Wildman–Crippen MR) is 77.1 cm³/mol. The summed E-state index contributed by atoms with van der Waals surface area (Å²) in [7, 11) is 0. The largest absolute Gasteiger partial charge is 0.351 e. The van der Waals surface area contributed by atoms with Crippen molar-refractivity contribution in [2.24, 2.45) is 23.2 Å². The van der Waals surface area contributed by atoms with Crippen LogP contribution in [0.4, 0.5) is 4.39 Å². The molecule has 1 aromatic rings. The first-order valence-electron chi connectivity index (χ1n) is 8.02. The maximum absolute atomic E-state index is 13.1. The zero-order valence-corrected chi connectivity index (χ0v) is 12.1. The van der Waals surface area contributed by atoms with Crippen LogP contribution >= 0.6 is 0 Å². The zero-order valence-electron chi connectivity index (χ0n) is 12.1. The van der Waals surface area contributed by atoms with Gasteiger partial charge in [0.05, 0.1) is 0 Å². The molecule has 0 aliphatic heterocycles. The number of rotatable bonds is 3. The second-order valence-electron chi connectivity index (χ2n) is 7.47. The molecule has 4 saturated carbocycles. The van der Waals surface area contributed by atoms with E-state index in [2.05, 4.69) is 10.3 Å². The van der Waals surface area contributed by atoms with Crippen LogP contribution in [0.2, 0.25) is 0 Å². The number of amides is 1. The third kappa shape index (κ3) is 2.45. The highest BCUT2D eigenvalue weighted by molar-refractivity contribution is 5.94. The van der Waals surface area contributed by atoms with Gasteiger partial charge in [0.2, 0.25) is 5.95 Å². The van der Waals surface area contributed by atoms with Crippen molar-refractivity contribution in [1.29, 1.82) is 0 Å². The van der Waals surface area contributed by atoms with E-state index in [4.69, 9.17) is 0 Å². The molecule has 4 aliphatic rings. The van der Waals surface area contributed by atoms with Crippen molar-refractivity contribution in [1.82, 2.24) is 10.3 Å². The van der Waals surface area contributed by atoms with Crippen molar-refractivity contribution in [3.05, 3.63) is 29.8 Å². The molecule has 1 N–H and O–H groups in total. The molecule has 0 atom stereocenters. The molecular weight excluding hydrogens is 267 g/mol. The lowest BCUT2D eigenvalue weighted by atomic mass is 9.49. The van der Waals surface area contributed by atoms with Crippen LogP contribution < -0.4 is 5.32 Å². The summed E-state index contributed by atoms with van der Waals surface area (Å²) >= 11 is 0. The third-order valence-corrected chi connectivity index (χ3v) is 5.78. The first-order valence-corrected chi connectivity index (χ1v) is 8.02. The Bertz CT molecular complexity index is 536. The number of pyridine rings is 1. The average Bonchev–Trinajstić information content (AvgIpc) is 2.43. The molecule has 0 unspecified atom stereocenters. The minimum absolute atomic E-state index is 0.174. The lowest BCUT2D eigenvalue weighted by Gasteiger charge is -2.56. The highest BCUT2D eigenvalue weighted by Crippen LogP contribution is 2.59. The molecule has 4 aliphatic carbocycles. The summed E-state index contributed by atoms with van der Waals surface area (Å²) in [6, 6.07) is 2.77. The maximum Gasteiger partial charge on any atom is 0.251 e. The molecule has 0 radical (unpaired) electrons. The summed E-state index contributed by atoms with van der Waals surface area (Å²) in [6.45, 7) is 0.749. The van der Waals surface area contributed by atoms with Crippen LogP contribution in [0, 0.1) is 29.1 Å². The van der Waals surface area contributed by atoms with E-state index in [1.165, 1.54) is 50.8 Å². The standard InChI is InChI=1S/C17H21FN2O/c18-15-6-14(1-2-19-15)16(21)20-10-17-7-11-3-12(8-17)5-13(4-11)9-17/h1-2,6,11-13H,3-5,7-10H2,(H,20,21). The Balaban J connectivity index is 1.44. The Kier molecular flexibility index (Phi) is 3.02. The second-order valence-corrected chi connectivity index (χ2v) is 7.47. The van der Waals surface area contributed by atoms with Gasteiger partial charge in [0.15, 0.2) is 0 Å². The fraction of sp³-hybridized carbons (Fsp3) is 0.647. The summed E-state index contributed by atoms with van der Waals surface area (Å²) in [6.07, 6.45) is 9.36. The first kappa shape index (κ1) is 13.2. The van der Waals surface area contributed by atoms with Gasteiger partial charge < -0.3 is 5.32 Å². The van der Waals surface area contributed by atoms with Crippen LogP contribution in [0.25, 0.3) is 0 Å². The number of aromatic nitrogens is 1. The van der Waals surface area contributed by atoms with Gasteiger partial charge in [-0.2, -0.15) is 4.39 Å². The Labute approximate surface area is 124 Å². The molecule has 4 heteroatoms. The zero-order chi connectivity index (χ0) is 14.4. The molecule has 3 nitrogen and oxygen atoms in total. The van der Waals surface area contributed by atoms with Crippen molar-refractivity contribution in [2.75, 3.05) is 6.54 Å². The summed E-state index contributed by atoms with van der Waals surface area (Å²) in [5.74, 6) is 1.87. The predicted octanol–water partition coefficient (Wildman–Crippen LogP) is 3.17. The number of nitrogens with one attached hydrogen (secondary N) is 1. The number of nitrogens with zero attached hydrogens (tertiary/aromatic N) is 1. The van der Waals surface area contributed by atoms with Crippen LogP contribution in [0.3, 0.4) is 0 Å². The van der Waals surface area contributed by atoms with Crippen molar-refractivity contribution in [2.45, 2.75) is 38.5 Å². The Hall–Kier alpha value is -1.45. The van der Waals surface area contributed by atoms with Crippen molar-refractivity contribution in [3.8, 4) is 0 Å². The quantitative estimate of drug-likeness (QED) is 0.868. The lowest BCUT2D eigenvalue weighted by Crippen LogP contribution is -2.51. The molecule has 1 aromatic heterocycles. The number of halogens is 1. The monoisotopic (exact) mass is 288 g/mol. The fourth-order valence-electron chi connectivity index (χ4n) is 5.42. The van der Waals surface area contributed by atoms with E-state index in [0.29, 0.717) is 11.0 Å². The SMILES string of the molecule is O=C(NCC12CC3CC(CC(C3)C1)C2)c1ccnc(F)c1. The smallest absolute Gasteiger partial charge is 0.251 e. The molecule has 1 heterocycles. The summed E-state index contributed by atoms with van der Waals surface area (Å²) < 4.78 is 13.1. The van der Waals surface area contributed by atoms with Crippen molar-refractivity contribution < 1.29 is 9.18 Å². The average molecular weight is 288 g/mol. The lowest BCUT2D eigenvalue weighted by molar-refractivity contribution is -0.0503. The van der Waals surface area contributed by atoms with Gasteiger partial charge in [-0.1, -0.05) is 0 Å². The van der Waals surface area contributed by atoms with Crippen LogP contribution in [0.5, 0.6) is 0 Å². The molecule has 1 amide bonds. The third-order valence-electron chi connectivity index (χ3n) is 5.78. The molecule has 0 spiro atoms. The first-order chi connectivity index (χ1) is 10.1. The molecule has 0 saturated heterocycles. The van der Waals surface area contributed by atoms with Crippen LogP contribution in [-0.2, 0) is 0 Å². The highest BCUT2D eigenvalue weighted by atomic mass is 19.1. The number of hydrogen-bond donors (Lipinski definition) is 1. The van der Waals surface area contributed by atoms with E-state index in [1.807, 2.05) is 0 Å². The van der Waals surface area contributed by atoms with Crippen molar-refractivity contribution in [3.63, 3.8) is 0 Å². The summed E-state index contributed by atoms with van der Waals surface area (Å²) in [5, 5.41) is 3.05. The number of hydrogen-bond acceptors (Lipinski definition) is 2. The van der Waals surface area contributed by atoms with Gasteiger partial charge in [-0.05, 0) is 67.8 Å². The Morgan fingerprint density at radius 1 is 1.24 bits per heavy atom. The van der Waals surface area contributed by atoms with E-state index < -0.39 is 5.95 Å². The number of carbonyl (C=O) groups excluding carboxylic acids is 1. The molecular formula is C17H21FN2O. The van der Waals surface area contributed by atoms with E-state index in [0.717, 1.165) is 24.3 Å². The van der Waals surface area contributed by atoms with Gasteiger partial charge in [-0.15, -0.1) is 0 Å². The van der Waals surface area contributed by atoms with Crippen LogP contribution in [0.15, 0.2) is 18.3 Å². The van der Waals surface area contributed by atoms with Gasteiger partial charge in [0.1, 0.15) is 0 Å². The van der Waals surface area contributed by atoms with E-state index in [-0.39, 0.29) is 5.91 Å². The van der Waals surface area contributed by atoms with E-state index >= 15 is 0 Å². The number of carbonyl (C=O) groups is 1.